The molecule has 0 aliphatic heterocycles. The lowest BCUT2D eigenvalue weighted by molar-refractivity contribution is 0.324. The van der Waals surface area contributed by atoms with Crippen LogP contribution >= 0.6 is 0 Å². The summed E-state index contributed by atoms with van der Waals surface area (Å²) in [4.78, 5) is 0. The van der Waals surface area contributed by atoms with Crippen LogP contribution in [0.3, 0.4) is 0 Å². The molecule has 0 aromatic heterocycles. The minimum atomic E-state index is -0.157. The zero-order valence-corrected chi connectivity index (χ0v) is 10.2. The highest BCUT2D eigenvalue weighted by Gasteiger charge is 2.39. The Balaban J connectivity index is 2.40. The predicted molar refractivity (Wildman–Crippen MR) is 66.3 cm³/mol. The molecule has 1 fully saturated rings. The summed E-state index contributed by atoms with van der Waals surface area (Å²) in [7, 11) is 0. The lowest BCUT2D eigenvalue weighted by atomic mass is 9.65. The van der Waals surface area contributed by atoms with Crippen LogP contribution in [0.5, 0.6) is 0 Å². The summed E-state index contributed by atoms with van der Waals surface area (Å²) in [5.41, 5.74) is 3.94. The molecule has 0 bridgehead atoms. The van der Waals surface area contributed by atoms with Gasteiger partial charge in [0.1, 0.15) is 0 Å². The first-order chi connectivity index (χ1) is 7.75. The van der Waals surface area contributed by atoms with Crippen LogP contribution in [-0.2, 0) is 18.3 Å². The number of hydrogen-bond acceptors (Lipinski definition) is 1. The lowest BCUT2D eigenvalue weighted by Gasteiger charge is -2.36. The Morgan fingerprint density at radius 1 is 1.19 bits per heavy atom. The highest BCUT2D eigenvalue weighted by Crippen LogP contribution is 2.43. The van der Waals surface area contributed by atoms with Gasteiger partial charge < -0.3 is 0 Å². The SMILES string of the molecule is CCc1ccc(C2(C#N)CCC2)cc1CC. The molecule has 0 radical (unpaired) electrons. The van der Waals surface area contributed by atoms with Gasteiger partial charge in [0.15, 0.2) is 0 Å². The summed E-state index contributed by atoms with van der Waals surface area (Å²) in [6, 6.07) is 9.17. The monoisotopic (exact) mass is 213 g/mol. The van der Waals surface area contributed by atoms with Crippen molar-refractivity contribution in [3.8, 4) is 6.07 Å². The van der Waals surface area contributed by atoms with E-state index in [1.807, 2.05) is 0 Å². The van der Waals surface area contributed by atoms with E-state index in [1.54, 1.807) is 0 Å². The maximum atomic E-state index is 9.33. The number of nitriles is 1. The van der Waals surface area contributed by atoms with Gasteiger partial charge >= 0.3 is 0 Å². The third-order valence-electron chi connectivity index (χ3n) is 3.94. The summed E-state index contributed by atoms with van der Waals surface area (Å²) < 4.78 is 0. The number of rotatable bonds is 3. The Morgan fingerprint density at radius 2 is 1.88 bits per heavy atom. The first-order valence-electron chi connectivity index (χ1n) is 6.29. The van der Waals surface area contributed by atoms with Crippen molar-refractivity contribution in [2.24, 2.45) is 0 Å². The summed E-state index contributed by atoms with van der Waals surface area (Å²) in [6.45, 7) is 4.38. The number of benzene rings is 1. The molecule has 0 unspecified atom stereocenters. The maximum Gasteiger partial charge on any atom is 0.0822 e. The molecule has 1 nitrogen and oxygen atoms in total. The summed E-state index contributed by atoms with van der Waals surface area (Å²) in [5.74, 6) is 0. The van der Waals surface area contributed by atoms with E-state index in [-0.39, 0.29) is 5.41 Å². The van der Waals surface area contributed by atoms with Crippen LogP contribution in [-0.4, -0.2) is 0 Å². The summed E-state index contributed by atoms with van der Waals surface area (Å²) in [6.07, 6.45) is 5.43. The first kappa shape index (κ1) is 11.2. The molecular formula is C15H19N. The van der Waals surface area contributed by atoms with Crippen molar-refractivity contribution < 1.29 is 0 Å². The molecule has 0 saturated heterocycles. The fraction of sp³-hybridized carbons (Fsp3) is 0.533. The average Bonchev–Trinajstić information content (AvgIpc) is 2.28. The van der Waals surface area contributed by atoms with Crippen LogP contribution in [0.25, 0.3) is 0 Å². The van der Waals surface area contributed by atoms with Crippen molar-refractivity contribution in [3.63, 3.8) is 0 Å². The molecular weight excluding hydrogens is 194 g/mol. The Kier molecular flexibility index (Phi) is 3.01. The molecule has 1 aromatic carbocycles. The smallest absolute Gasteiger partial charge is 0.0822 e. The van der Waals surface area contributed by atoms with Crippen LogP contribution in [0, 0.1) is 11.3 Å². The second kappa shape index (κ2) is 4.29. The summed E-state index contributed by atoms with van der Waals surface area (Å²) in [5, 5.41) is 9.33. The third kappa shape index (κ3) is 1.63. The Morgan fingerprint density at radius 3 is 2.31 bits per heavy atom. The predicted octanol–water partition coefficient (Wildman–Crippen LogP) is 3.76. The van der Waals surface area contributed by atoms with Gasteiger partial charge in [-0.2, -0.15) is 5.26 Å². The topological polar surface area (TPSA) is 23.8 Å². The molecule has 1 aliphatic carbocycles. The first-order valence-corrected chi connectivity index (χ1v) is 6.29. The molecule has 16 heavy (non-hydrogen) atoms. The molecule has 2 rings (SSSR count). The third-order valence-corrected chi connectivity index (χ3v) is 3.94. The van der Waals surface area contributed by atoms with Gasteiger partial charge in [0.25, 0.3) is 0 Å². The van der Waals surface area contributed by atoms with Crippen molar-refractivity contribution in [3.05, 3.63) is 34.9 Å². The van der Waals surface area contributed by atoms with E-state index in [1.165, 1.54) is 23.1 Å². The van der Waals surface area contributed by atoms with Gasteiger partial charge in [-0.05, 0) is 48.8 Å². The second-order valence-corrected chi connectivity index (χ2v) is 4.74. The zero-order valence-electron chi connectivity index (χ0n) is 10.2. The average molecular weight is 213 g/mol. The van der Waals surface area contributed by atoms with E-state index in [2.05, 4.69) is 38.1 Å². The van der Waals surface area contributed by atoms with Crippen molar-refractivity contribution in [2.45, 2.75) is 51.4 Å². The van der Waals surface area contributed by atoms with Gasteiger partial charge in [-0.3, -0.25) is 0 Å². The quantitative estimate of drug-likeness (QED) is 0.750. The van der Waals surface area contributed by atoms with Gasteiger partial charge in [0.2, 0.25) is 0 Å². The minimum absolute atomic E-state index is 0.157. The van der Waals surface area contributed by atoms with E-state index < -0.39 is 0 Å². The fourth-order valence-corrected chi connectivity index (χ4v) is 2.59. The Bertz CT molecular complexity index is 422. The largest absolute Gasteiger partial charge is 0.197 e. The van der Waals surface area contributed by atoms with Gasteiger partial charge in [-0.15, -0.1) is 0 Å². The molecule has 1 saturated carbocycles. The highest BCUT2D eigenvalue weighted by atomic mass is 14.4. The van der Waals surface area contributed by atoms with E-state index in [0.717, 1.165) is 25.7 Å². The van der Waals surface area contributed by atoms with Crippen LogP contribution in [0.2, 0.25) is 0 Å². The Hall–Kier alpha value is -1.29. The molecule has 0 spiro atoms. The van der Waals surface area contributed by atoms with Crippen LogP contribution < -0.4 is 0 Å². The van der Waals surface area contributed by atoms with E-state index >= 15 is 0 Å². The normalized spacial score (nSPS) is 17.6. The standard InChI is InChI=1S/C15H19N/c1-3-12-6-7-14(10-13(12)4-2)15(11-16)8-5-9-15/h6-7,10H,3-5,8-9H2,1-2H3. The van der Waals surface area contributed by atoms with E-state index in [0.29, 0.717) is 0 Å². The van der Waals surface area contributed by atoms with Crippen LogP contribution in [0.4, 0.5) is 0 Å². The van der Waals surface area contributed by atoms with Crippen molar-refractivity contribution in [1.82, 2.24) is 0 Å². The molecule has 0 atom stereocenters. The van der Waals surface area contributed by atoms with Crippen molar-refractivity contribution in [2.75, 3.05) is 0 Å². The molecule has 1 aliphatic rings. The van der Waals surface area contributed by atoms with Crippen LogP contribution in [0.15, 0.2) is 18.2 Å². The number of nitrogens with zero attached hydrogens (tertiary/aromatic N) is 1. The molecule has 1 aromatic rings. The minimum Gasteiger partial charge on any atom is -0.197 e. The molecule has 84 valence electrons. The van der Waals surface area contributed by atoms with Crippen LogP contribution in [0.1, 0.15) is 49.8 Å². The number of aryl methyl sites for hydroxylation is 2. The molecule has 0 heterocycles. The summed E-state index contributed by atoms with van der Waals surface area (Å²) >= 11 is 0. The molecule has 1 heteroatoms. The van der Waals surface area contributed by atoms with Crippen molar-refractivity contribution >= 4 is 0 Å². The molecule has 0 N–H and O–H groups in total. The van der Waals surface area contributed by atoms with Gasteiger partial charge in [-0.25, -0.2) is 0 Å². The van der Waals surface area contributed by atoms with E-state index in [9.17, 15) is 5.26 Å². The van der Waals surface area contributed by atoms with Crippen molar-refractivity contribution in [1.29, 1.82) is 5.26 Å². The second-order valence-electron chi connectivity index (χ2n) is 4.74. The van der Waals surface area contributed by atoms with Gasteiger partial charge in [0, 0.05) is 0 Å². The van der Waals surface area contributed by atoms with E-state index in [4.69, 9.17) is 0 Å². The molecule has 0 amide bonds. The van der Waals surface area contributed by atoms with Gasteiger partial charge in [0.05, 0.1) is 11.5 Å². The highest BCUT2D eigenvalue weighted by molar-refractivity contribution is 5.41. The Labute approximate surface area is 98.1 Å². The van der Waals surface area contributed by atoms with Gasteiger partial charge in [-0.1, -0.05) is 32.0 Å². The fourth-order valence-electron chi connectivity index (χ4n) is 2.59. The lowest BCUT2D eigenvalue weighted by Crippen LogP contribution is -2.32. The maximum absolute atomic E-state index is 9.33. The number of hydrogen-bond donors (Lipinski definition) is 0. The zero-order chi connectivity index (χ0) is 11.6.